The summed E-state index contributed by atoms with van der Waals surface area (Å²) in [6, 6.07) is 7.57. The van der Waals surface area contributed by atoms with Crippen molar-refractivity contribution in [3.8, 4) is 22.5 Å². The molecule has 1 aromatic carbocycles. The fourth-order valence-electron chi connectivity index (χ4n) is 1.47. The van der Waals surface area contributed by atoms with Crippen LogP contribution in [0.15, 0.2) is 36.7 Å². The number of hydrogen-bond acceptors (Lipinski definition) is 8. The number of rotatable bonds is 2. The lowest BCUT2D eigenvalue weighted by molar-refractivity contribution is 0.766. The fraction of sp³-hybridized carbons (Fsp3) is 0. The molecule has 2 heterocycles. The molecular weight excluding hydrogens is 232 g/mol. The first-order valence-corrected chi connectivity index (χ1v) is 5.06. The van der Waals surface area contributed by atoms with E-state index in [4.69, 9.17) is 0 Å². The van der Waals surface area contributed by atoms with E-state index in [1.165, 1.54) is 0 Å². The van der Waals surface area contributed by atoms with Gasteiger partial charge in [0, 0.05) is 11.1 Å². The first-order valence-electron chi connectivity index (χ1n) is 5.06. The maximum atomic E-state index is 3.88. The maximum absolute atomic E-state index is 3.88. The molecule has 0 saturated heterocycles. The van der Waals surface area contributed by atoms with Gasteiger partial charge in [0.25, 0.3) is 0 Å². The van der Waals surface area contributed by atoms with Crippen LogP contribution in [0, 0.1) is 0 Å². The van der Waals surface area contributed by atoms with E-state index in [1.54, 1.807) is 12.4 Å². The van der Waals surface area contributed by atoms with Gasteiger partial charge in [0.2, 0.25) is 0 Å². The van der Waals surface area contributed by atoms with Crippen LogP contribution >= 0.6 is 0 Å². The minimum Gasteiger partial charge on any atom is -0.135 e. The molecule has 0 aliphatic rings. The second-order valence-corrected chi connectivity index (χ2v) is 3.39. The Morgan fingerprint density at radius 1 is 0.556 bits per heavy atom. The van der Waals surface area contributed by atoms with E-state index < -0.39 is 0 Å². The summed E-state index contributed by atoms with van der Waals surface area (Å²) < 4.78 is 0. The zero-order valence-electron chi connectivity index (χ0n) is 9.04. The van der Waals surface area contributed by atoms with Gasteiger partial charge in [-0.3, -0.25) is 0 Å². The van der Waals surface area contributed by atoms with Crippen molar-refractivity contribution in [3.63, 3.8) is 0 Å². The van der Waals surface area contributed by atoms with E-state index in [-0.39, 0.29) is 0 Å². The molecule has 3 rings (SSSR count). The van der Waals surface area contributed by atoms with Crippen LogP contribution in [0.5, 0.6) is 0 Å². The standard InChI is InChI=1S/C10H6N8/c1-2-8(10-6-12-16-18-14-10)4-3-7(1)9-5-11-15-17-13-9/h1-6H. The van der Waals surface area contributed by atoms with E-state index in [9.17, 15) is 0 Å². The topological polar surface area (TPSA) is 103 Å². The zero-order valence-corrected chi connectivity index (χ0v) is 9.04. The molecule has 0 fully saturated rings. The lowest BCUT2D eigenvalue weighted by atomic mass is 10.1. The highest BCUT2D eigenvalue weighted by Crippen LogP contribution is 2.20. The highest BCUT2D eigenvalue weighted by molar-refractivity contribution is 5.65. The van der Waals surface area contributed by atoms with E-state index in [1.807, 2.05) is 24.3 Å². The largest absolute Gasteiger partial charge is 0.135 e. The van der Waals surface area contributed by atoms with Crippen LogP contribution in [0.1, 0.15) is 0 Å². The van der Waals surface area contributed by atoms with E-state index in [0.29, 0.717) is 11.4 Å². The summed E-state index contributed by atoms with van der Waals surface area (Å²) in [5.41, 5.74) is 3.12. The molecule has 8 heteroatoms. The summed E-state index contributed by atoms with van der Waals surface area (Å²) in [5, 5.41) is 28.9. The molecule has 86 valence electrons. The molecule has 0 aliphatic heterocycles. The predicted molar refractivity (Wildman–Crippen MR) is 59.7 cm³/mol. The summed E-state index contributed by atoms with van der Waals surface area (Å²) in [5.74, 6) is 0. The van der Waals surface area contributed by atoms with Crippen molar-refractivity contribution in [2.24, 2.45) is 0 Å². The molecule has 2 aromatic heterocycles. The number of aromatic nitrogens is 8. The Balaban J connectivity index is 1.95. The third-order valence-electron chi connectivity index (χ3n) is 2.32. The molecule has 0 radical (unpaired) electrons. The second kappa shape index (κ2) is 4.53. The lowest BCUT2D eigenvalue weighted by Crippen LogP contribution is -1.94. The van der Waals surface area contributed by atoms with Crippen molar-refractivity contribution in [2.45, 2.75) is 0 Å². The van der Waals surface area contributed by atoms with E-state index >= 15 is 0 Å². The van der Waals surface area contributed by atoms with Crippen molar-refractivity contribution < 1.29 is 0 Å². The highest BCUT2D eigenvalue weighted by atomic mass is 15.4. The molecule has 18 heavy (non-hydrogen) atoms. The first kappa shape index (κ1) is 10.3. The SMILES string of the molecule is c1cc(-c2cnnnn2)ccc1-c1cnnnn1. The Labute approximate surface area is 101 Å². The van der Waals surface area contributed by atoms with Crippen molar-refractivity contribution in [1.29, 1.82) is 0 Å². The minimum atomic E-state index is 0.662. The molecule has 0 aliphatic carbocycles. The normalized spacial score (nSPS) is 10.2. The van der Waals surface area contributed by atoms with Gasteiger partial charge >= 0.3 is 0 Å². The number of nitrogens with zero attached hydrogens (tertiary/aromatic N) is 8. The summed E-state index contributed by atoms with van der Waals surface area (Å²) >= 11 is 0. The zero-order chi connectivity index (χ0) is 12.2. The van der Waals surface area contributed by atoms with Crippen LogP contribution in [0.2, 0.25) is 0 Å². The second-order valence-electron chi connectivity index (χ2n) is 3.39. The van der Waals surface area contributed by atoms with Crippen molar-refractivity contribution in [3.05, 3.63) is 36.7 Å². The van der Waals surface area contributed by atoms with Gasteiger partial charge in [-0.2, -0.15) is 0 Å². The van der Waals surface area contributed by atoms with Crippen molar-refractivity contribution >= 4 is 0 Å². The molecule has 0 spiro atoms. The van der Waals surface area contributed by atoms with E-state index in [2.05, 4.69) is 41.2 Å². The van der Waals surface area contributed by atoms with Crippen LogP contribution in [0.4, 0.5) is 0 Å². The Morgan fingerprint density at radius 2 is 1.00 bits per heavy atom. The summed E-state index contributed by atoms with van der Waals surface area (Å²) in [6.45, 7) is 0. The number of hydrogen-bond donors (Lipinski definition) is 0. The molecule has 3 aromatic rings. The Bertz CT molecular complexity index is 567. The molecule has 0 bridgehead atoms. The van der Waals surface area contributed by atoms with E-state index in [0.717, 1.165) is 11.1 Å². The Morgan fingerprint density at radius 3 is 1.33 bits per heavy atom. The van der Waals surface area contributed by atoms with Gasteiger partial charge in [-0.25, -0.2) is 0 Å². The van der Waals surface area contributed by atoms with Crippen LogP contribution < -0.4 is 0 Å². The van der Waals surface area contributed by atoms with Gasteiger partial charge in [-0.1, -0.05) is 24.3 Å². The molecule has 0 atom stereocenters. The predicted octanol–water partition coefficient (Wildman–Crippen LogP) is 0.181. The molecule has 0 N–H and O–H groups in total. The fourth-order valence-corrected chi connectivity index (χ4v) is 1.47. The smallest absolute Gasteiger partial charge is 0.115 e. The quantitative estimate of drug-likeness (QED) is 0.622. The van der Waals surface area contributed by atoms with Gasteiger partial charge in [-0.05, 0) is 20.9 Å². The third kappa shape index (κ3) is 1.98. The minimum absolute atomic E-state index is 0.662. The van der Waals surface area contributed by atoms with Crippen molar-refractivity contribution in [1.82, 2.24) is 41.2 Å². The van der Waals surface area contributed by atoms with Crippen molar-refractivity contribution in [2.75, 3.05) is 0 Å². The highest BCUT2D eigenvalue weighted by Gasteiger charge is 2.03. The average molecular weight is 238 g/mol. The third-order valence-corrected chi connectivity index (χ3v) is 2.32. The van der Waals surface area contributed by atoms with Gasteiger partial charge in [0.05, 0.1) is 12.4 Å². The summed E-state index contributed by atoms with van der Waals surface area (Å²) in [7, 11) is 0. The molecule has 0 unspecified atom stereocenters. The Kier molecular flexibility index (Phi) is 2.59. The Hall–Kier alpha value is -2.90. The van der Waals surface area contributed by atoms with Crippen LogP contribution in [0.25, 0.3) is 22.5 Å². The van der Waals surface area contributed by atoms with Crippen LogP contribution in [-0.2, 0) is 0 Å². The van der Waals surface area contributed by atoms with Gasteiger partial charge in [-0.15, -0.1) is 20.4 Å². The van der Waals surface area contributed by atoms with Crippen LogP contribution in [-0.4, -0.2) is 41.2 Å². The lowest BCUT2D eigenvalue weighted by Gasteiger charge is -2.00. The molecule has 0 saturated carbocycles. The van der Waals surface area contributed by atoms with Crippen LogP contribution in [0.3, 0.4) is 0 Å². The molecule has 0 amide bonds. The summed E-state index contributed by atoms with van der Waals surface area (Å²) in [4.78, 5) is 0. The number of benzene rings is 1. The summed E-state index contributed by atoms with van der Waals surface area (Å²) in [6.07, 6.45) is 3.10. The maximum Gasteiger partial charge on any atom is 0.115 e. The van der Waals surface area contributed by atoms with Gasteiger partial charge < -0.3 is 0 Å². The molecular formula is C10H6N8. The van der Waals surface area contributed by atoms with Gasteiger partial charge in [0.15, 0.2) is 0 Å². The average Bonchev–Trinajstić information content (AvgIpc) is 2.49. The molecule has 8 nitrogen and oxygen atoms in total. The monoisotopic (exact) mass is 238 g/mol. The first-order chi connectivity index (χ1) is 8.93. The van der Waals surface area contributed by atoms with Gasteiger partial charge in [0.1, 0.15) is 11.4 Å².